The van der Waals surface area contributed by atoms with Crippen LogP contribution in [-0.2, 0) is 0 Å². The molecule has 10 heteroatoms. The molecule has 8 nitrogen and oxygen atoms in total. The molecule has 5 aromatic heterocycles. The summed E-state index contributed by atoms with van der Waals surface area (Å²) in [6.07, 6.45) is 8.47. The number of hydrogen-bond acceptors (Lipinski definition) is 7. The lowest BCUT2D eigenvalue weighted by atomic mass is 10.0. The Hall–Kier alpha value is -4.15. The highest BCUT2D eigenvalue weighted by molar-refractivity contribution is 7.14. The van der Waals surface area contributed by atoms with Crippen LogP contribution in [0.2, 0.25) is 0 Å². The summed E-state index contributed by atoms with van der Waals surface area (Å²) in [6.45, 7) is 0. The Morgan fingerprint density at radius 1 is 1.00 bits per heavy atom. The average molecular weight is 498 g/mol. The van der Waals surface area contributed by atoms with Gasteiger partial charge in [-0.05, 0) is 48.7 Å². The normalized spacial score (nSPS) is 14.5. The Balaban J connectivity index is 1.28. The molecule has 1 aliphatic carbocycles. The van der Waals surface area contributed by atoms with Crippen molar-refractivity contribution in [3.8, 4) is 33.1 Å². The van der Waals surface area contributed by atoms with Crippen molar-refractivity contribution >= 4 is 39.0 Å². The van der Waals surface area contributed by atoms with E-state index in [2.05, 4.69) is 30.5 Å². The highest BCUT2D eigenvalue weighted by Gasteiger charge is 2.29. The molecule has 4 N–H and O–H groups in total. The number of imidazole rings is 1. The number of fused-ring (bicyclic) bond motifs is 2. The average Bonchev–Trinajstić information content (AvgIpc) is 3.30. The van der Waals surface area contributed by atoms with Crippen LogP contribution in [0.5, 0.6) is 0 Å². The number of nitrogens with one attached hydrogen (secondary N) is 3. The predicted octanol–water partition coefficient (Wildman–Crippen LogP) is 5.57. The number of halogens is 1. The molecule has 0 bridgehead atoms. The predicted molar refractivity (Wildman–Crippen MR) is 138 cm³/mol. The smallest absolute Gasteiger partial charge is 0.176 e. The van der Waals surface area contributed by atoms with Crippen LogP contribution in [0.15, 0.2) is 61.2 Å². The van der Waals surface area contributed by atoms with Crippen molar-refractivity contribution in [3.63, 3.8) is 0 Å². The zero-order valence-electron chi connectivity index (χ0n) is 18.9. The molecule has 1 aliphatic rings. The number of nitrogens with zero attached hydrogens (tertiary/aromatic N) is 4. The fourth-order valence-electron chi connectivity index (χ4n) is 4.44. The van der Waals surface area contributed by atoms with Crippen molar-refractivity contribution in [2.45, 2.75) is 19.1 Å². The molecule has 1 aromatic carbocycles. The van der Waals surface area contributed by atoms with E-state index in [9.17, 15) is 9.50 Å². The van der Waals surface area contributed by atoms with Crippen molar-refractivity contribution < 1.29 is 9.50 Å². The van der Waals surface area contributed by atoms with Gasteiger partial charge in [-0.1, -0.05) is 6.07 Å². The van der Waals surface area contributed by atoms with Crippen LogP contribution in [0, 0.1) is 11.0 Å². The SMILES string of the molecule is OC(Nc1cncc(-c2ccc3[nH]nc(-c4nc5c(-c6ccc(F)s6)cncc5[nH]4)c3c2)c1)C1CC1. The molecule has 0 radical (unpaired) electrons. The second kappa shape index (κ2) is 8.21. The van der Waals surface area contributed by atoms with Gasteiger partial charge in [0.05, 0.1) is 29.1 Å². The molecule has 1 saturated carbocycles. The first-order valence-corrected chi connectivity index (χ1v) is 12.4. The number of benzene rings is 1. The Morgan fingerprint density at radius 3 is 2.72 bits per heavy atom. The zero-order chi connectivity index (χ0) is 24.2. The van der Waals surface area contributed by atoms with E-state index >= 15 is 0 Å². The third-order valence-electron chi connectivity index (χ3n) is 6.47. The molecule has 0 aliphatic heterocycles. The number of pyridine rings is 2. The van der Waals surface area contributed by atoms with E-state index in [1.807, 2.05) is 24.3 Å². The van der Waals surface area contributed by atoms with E-state index < -0.39 is 6.23 Å². The van der Waals surface area contributed by atoms with Gasteiger partial charge >= 0.3 is 0 Å². The van der Waals surface area contributed by atoms with Crippen LogP contribution in [0.4, 0.5) is 10.1 Å². The zero-order valence-corrected chi connectivity index (χ0v) is 19.7. The summed E-state index contributed by atoms with van der Waals surface area (Å²) in [4.78, 5) is 17.6. The summed E-state index contributed by atoms with van der Waals surface area (Å²) in [7, 11) is 0. The fourth-order valence-corrected chi connectivity index (χ4v) is 5.18. The summed E-state index contributed by atoms with van der Waals surface area (Å²) in [5.74, 6) is 0.914. The van der Waals surface area contributed by atoms with Crippen LogP contribution >= 0.6 is 11.3 Å². The second-order valence-electron chi connectivity index (χ2n) is 8.99. The molecule has 0 amide bonds. The minimum absolute atomic E-state index is 0.251. The quantitative estimate of drug-likeness (QED) is 0.224. The van der Waals surface area contributed by atoms with Gasteiger partial charge in [-0.2, -0.15) is 9.49 Å². The maximum atomic E-state index is 13.7. The lowest BCUT2D eigenvalue weighted by molar-refractivity contribution is 0.180. The van der Waals surface area contributed by atoms with Crippen molar-refractivity contribution in [1.82, 2.24) is 30.1 Å². The van der Waals surface area contributed by atoms with Gasteiger partial charge in [-0.25, -0.2) is 4.98 Å². The van der Waals surface area contributed by atoms with E-state index in [4.69, 9.17) is 4.98 Å². The number of aliphatic hydroxyl groups is 1. The third kappa shape index (κ3) is 3.71. The molecule has 36 heavy (non-hydrogen) atoms. The number of anilines is 1. The first-order chi connectivity index (χ1) is 17.6. The van der Waals surface area contributed by atoms with E-state index in [-0.39, 0.29) is 5.13 Å². The van der Waals surface area contributed by atoms with Crippen LogP contribution in [0.25, 0.3) is 55.0 Å². The Labute approximate surface area is 208 Å². The maximum Gasteiger partial charge on any atom is 0.176 e. The van der Waals surface area contributed by atoms with E-state index in [1.165, 1.54) is 6.07 Å². The monoisotopic (exact) mass is 497 g/mol. The topological polar surface area (TPSA) is 115 Å². The number of thiophene rings is 1. The Morgan fingerprint density at radius 2 is 1.89 bits per heavy atom. The summed E-state index contributed by atoms with van der Waals surface area (Å²) in [6, 6.07) is 11.2. The van der Waals surface area contributed by atoms with Gasteiger partial charge in [0.25, 0.3) is 0 Å². The molecule has 7 rings (SSSR count). The molecular formula is C26H20FN7OS. The maximum absolute atomic E-state index is 13.7. The number of aromatic amines is 2. The Bertz CT molecular complexity index is 1740. The number of rotatable bonds is 6. The van der Waals surface area contributed by atoms with Crippen molar-refractivity contribution in [2.24, 2.45) is 5.92 Å². The van der Waals surface area contributed by atoms with Crippen LogP contribution in [0.3, 0.4) is 0 Å². The van der Waals surface area contributed by atoms with Crippen molar-refractivity contribution in [1.29, 1.82) is 0 Å². The second-order valence-corrected chi connectivity index (χ2v) is 10.0. The number of aliphatic hydroxyl groups excluding tert-OH is 1. The lowest BCUT2D eigenvalue weighted by Gasteiger charge is -2.13. The first-order valence-electron chi connectivity index (χ1n) is 11.6. The van der Waals surface area contributed by atoms with Crippen LogP contribution in [0.1, 0.15) is 12.8 Å². The third-order valence-corrected chi connectivity index (χ3v) is 7.38. The van der Waals surface area contributed by atoms with Crippen LogP contribution < -0.4 is 5.32 Å². The van der Waals surface area contributed by atoms with Gasteiger partial charge < -0.3 is 15.4 Å². The van der Waals surface area contributed by atoms with E-state index in [0.717, 1.165) is 67.9 Å². The van der Waals surface area contributed by atoms with E-state index in [0.29, 0.717) is 23.0 Å². The number of H-pyrrole nitrogens is 2. The van der Waals surface area contributed by atoms with Gasteiger partial charge in [-0.15, -0.1) is 11.3 Å². The fraction of sp³-hybridized carbons (Fsp3) is 0.154. The summed E-state index contributed by atoms with van der Waals surface area (Å²) >= 11 is 1.07. The van der Waals surface area contributed by atoms with Gasteiger partial charge in [0.2, 0.25) is 0 Å². The highest BCUT2D eigenvalue weighted by atomic mass is 32.1. The highest BCUT2D eigenvalue weighted by Crippen LogP contribution is 2.36. The van der Waals surface area contributed by atoms with E-state index in [1.54, 1.807) is 30.9 Å². The van der Waals surface area contributed by atoms with Gasteiger partial charge in [-0.3, -0.25) is 15.1 Å². The standard InChI is InChI=1S/C26H20FN7OS/c27-22-6-5-21(36-22)18-11-29-12-20-23(18)32-25(31-20)24-17-8-14(3-4-19(17)33-34-24)15-7-16(10-28-9-15)30-26(35)13-1-2-13/h3-13,26,30,35H,1-2H2,(H,31,32)(H,33,34). The molecule has 5 heterocycles. The summed E-state index contributed by atoms with van der Waals surface area (Å²) in [5.41, 5.74) is 6.46. The van der Waals surface area contributed by atoms with Gasteiger partial charge in [0.15, 0.2) is 11.0 Å². The van der Waals surface area contributed by atoms with Crippen LogP contribution in [-0.4, -0.2) is 41.5 Å². The molecule has 178 valence electrons. The molecule has 0 saturated heterocycles. The minimum Gasteiger partial charge on any atom is -0.374 e. The molecular weight excluding hydrogens is 477 g/mol. The largest absolute Gasteiger partial charge is 0.374 e. The molecule has 6 aromatic rings. The van der Waals surface area contributed by atoms with Gasteiger partial charge in [0.1, 0.15) is 17.4 Å². The van der Waals surface area contributed by atoms with Crippen molar-refractivity contribution in [3.05, 3.63) is 66.3 Å². The first kappa shape index (κ1) is 21.2. The summed E-state index contributed by atoms with van der Waals surface area (Å²) in [5, 5.41) is 21.7. The lowest BCUT2D eigenvalue weighted by Crippen LogP contribution is -2.20. The number of hydrogen-bond donors (Lipinski definition) is 4. The minimum atomic E-state index is -0.553. The molecule has 1 atom stereocenters. The molecule has 1 fully saturated rings. The van der Waals surface area contributed by atoms with Crippen molar-refractivity contribution in [2.75, 3.05) is 5.32 Å². The number of aromatic nitrogens is 6. The summed E-state index contributed by atoms with van der Waals surface area (Å²) < 4.78 is 13.7. The molecule has 0 spiro atoms. The Kier molecular flexibility index (Phi) is 4.83. The molecule has 1 unspecified atom stereocenters. The van der Waals surface area contributed by atoms with Gasteiger partial charge in [0, 0.05) is 39.7 Å².